The summed E-state index contributed by atoms with van der Waals surface area (Å²) in [4.78, 5) is 4.18. The number of hydrazone groups is 1. The number of anilines is 1. The average molecular weight is 508 g/mol. The van der Waals surface area contributed by atoms with Crippen LogP contribution in [0.25, 0.3) is 0 Å². The summed E-state index contributed by atoms with van der Waals surface area (Å²) in [5.74, 6) is 1.07. The largest absolute Gasteiger partial charge is 2.00 e. The number of nitrogens with zero attached hydrogens (tertiary/aromatic N) is 5. The summed E-state index contributed by atoms with van der Waals surface area (Å²) in [5.41, 5.74) is 3.03. The van der Waals surface area contributed by atoms with Crippen molar-refractivity contribution in [2.24, 2.45) is 5.10 Å². The zero-order valence-electron chi connectivity index (χ0n) is 18.2. The van der Waals surface area contributed by atoms with Crippen molar-refractivity contribution in [1.82, 2.24) is 14.8 Å². The second-order valence-electron chi connectivity index (χ2n) is 7.62. The predicted molar refractivity (Wildman–Crippen MR) is 132 cm³/mol. The zero-order chi connectivity index (χ0) is 22.5. The van der Waals surface area contributed by atoms with Crippen molar-refractivity contribution in [3.05, 3.63) is 142 Å². The molecule has 2 heterocycles. The van der Waals surface area contributed by atoms with Gasteiger partial charge in [0.05, 0.1) is 11.4 Å². The van der Waals surface area contributed by atoms with E-state index in [1.807, 2.05) is 86.0 Å². The maximum atomic E-state index is 6.33. The summed E-state index contributed by atoms with van der Waals surface area (Å²) in [6, 6.07) is 17.9. The Morgan fingerprint density at radius 2 is 1.47 bits per heavy atom. The minimum Gasteiger partial charge on any atom is -0.255 e. The van der Waals surface area contributed by atoms with Gasteiger partial charge in [-0.2, -0.15) is 10.2 Å². The normalized spacial score (nSPS) is 22.1. The van der Waals surface area contributed by atoms with E-state index in [0.717, 1.165) is 22.9 Å². The van der Waals surface area contributed by atoms with E-state index >= 15 is 0 Å². The number of hydrogen-bond donors (Lipinski definition) is 0. The van der Waals surface area contributed by atoms with Gasteiger partial charge in [0, 0.05) is 10.9 Å². The molecule has 168 valence electrons. The Bertz CT molecular complexity index is 1040. The molecule has 7 heteroatoms. The zero-order valence-corrected chi connectivity index (χ0v) is 20.0. The number of para-hydroxylation sites is 1. The molecule has 0 saturated heterocycles. The SMILES string of the molecule is Clc1cccc([C@H]2[C@H](n3cncn3)C([C]3[CH][CH][CH][CH]3)=NN2c2ccccc2)c1.[CH]1[CH][CH][CH][CH]1.[Fe+2]. The molecule has 1 aromatic heterocycles. The first-order valence-corrected chi connectivity index (χ1v) is 11.1. The molecule has 0 unspecified atom stereocenters. The summed E-state index contributed by atoms with van der Waals surface area (Å²) >= 11 is 6.33. The van der Waals surface area contributed by atoms with Crippen molar-refractivity contribution in [3.63, 3.8) is 0 Å². The van der Waals surface area contributed by atoms with Gasteiger partial charge in [0.1, 0.15) is 24.7 Å². The van der Waals surface area contributed by atoms with Gasteiger partial charge in [0.15, 0.2) is 0 Å². The van der Waals surface area contributed by atoms with Gasteiger partial charge >= 0.3 is 17.1 Å². The molecule has 0 bridgehead atoms. The van der Waals surface area contributed by atoms with Crippen LogP contribution in [0.4, 0.5) is 5.69 Å². The smallest absolute Gasteiger partial charge is 0.255 e. The van der Waals surface area contributed by atoms with E-state index in [1.165, 1.54) is 0 Å². The molecular formula is C27H22ClFeN5+2. The molecule has 2 fully saturated rings. The summed E-state index contributed by atoms with van der Waals surface area (Å²) in [6.45, 7) is 0. The van der Waals surface area contributed by atoms with E-state index < -0.39 is 0 Å². The van der Waals surface area contributed by atoms with Crippen LogP contribution in [0.5, 0.6) is 0 Å². The fourth-order valence-electron chi connectivity index (χ4n) is 4.06. The molecule has 0 spiro atoms. The van der Waals surface area contributed by atoms with Crippen LogP contribution in [0.3, 0.4) is 0 Å². The molecule has 10 radical (unpaired) electrons. The molecule has 1 aliphatic heterocycles. The van der Waals surface area contributed by atoms with Crippen molar-refractivity contribution >= 4 is 23.0 Å². The van der Waals surface area contributed by atoms with E-state index in [0.29, 0.717) is 5.02 Å². The first-order chi connectivity index (χ1) is 16.3. The minimum atomic E-state index is -0.136. The summed E-state index contributed by atoms with van der Waals surface area (Å²) in [6.07, 6.45) is 21.5. The molecule has 2 atom stereocenters. The van der Waals surface area contributed by atoms with Gasteiger partial charge in [-0.3, -0.25) is 5.01 Å². The third-order valence-corrected chi connectivity index (χ3v) is 5.74. The Morgan fingerprint density at radius 3 is 2.09 bits per heavy atom. The van der Waals surface area contributed by atoms with Gasteiger partial charge in [0.2, 0.25) is 0 Å². The minimum absolute atomic E-state index is 0. The van der Waals surface area contributed by atoms with Gasteiger partial charge < -0.3 is 0 Å². The third kappa shape index (κ3) is 5.56. The molecule has 0 N–H and O–H groups in total. The van der Waals surface area contributed by atoms with E-state index in [1.54, 1.807) is 12.7 Å². The molecule has 3 aromatic rings. The van der Waals surface area contributed by atoms with Crippen LogP contribution in [-0.4, -0.2) is 20.5 Å². The quantitative estimate of drug-likeness (QED) is 0.437. The Kier molecular flexibility index (Phi) is 8.82. The van der Waals surface area contributed by atoms with Crippen molar-refractivity contribution in [2.45, 2.75) is 12.1 Å². The maximum Gasteiger partial charge on any atom is 2.00 e. The molecule has 2 aromatic carbocycles. The van der Waals surface area contributed by atoms with Gasteiger partial charge in [-0.1, -0.05) is 41.9 Å². The topological polar surface area (TPSA) is 46.3 Å². The van der Waals surface area contributed by atoms with Crippen LogP contribution < -0.4 is 5.01 Å². The third-order valence-electron chi connectivity index (χ3n) is 5.50. The van der Waals surface area contributed by atoms with Crippen molar-refractivity contribution in [3.8, 4) is 0 Å². The van der Waals surface area contributed by atoms with Crippen LogP contribution in [0.1, 0.15) is 17.6 Å². The molecular weight excluding hydrogens is 486 g/mol. The van der Waals surface area contributed by atoms with Crippen LogP contribution in [0, 0.1) is 63.7 Å². The van der Waals surface area contributed by atoms with Gasteiger partial charge in [-0.25, -0.2) is 9.67 Å². The molecule has 5 nitrogen and oxygen atoms in total. The molecule has 6 rings (SSSR count). The van der Waals surface area contributed by atoms with Gasteiger partial charge in [0.25, 0.3) is 0 Å². The standard InChI is InChI=1S/C22H17ClN5.C5H5.Fe/c23-18-10-6-9-17(13-18)21-22(27-15-24-14-25-27)20(16-7-4-5-8-16)26-28(21)19-11-2-1-3-12-19;1-2-4-5-3-1;/h1-15,21-22H;1-5H;/q;;+2/t21-,22+;;/m0../s1. The second-order valence-corrected chi connectivity index (χ2v) is 8.06. The molecule has 2 saturated carbocycles. The number of rotatable bonds is 4. The Morgan fingerprint density at radius 1 is 0.765 bits per heavy atom. The molecule has 2 aliphatic carbocycles. The number of hydrogen-bond acceptors (Lipinski definition) is 4. The van der Waals surface area contributed by atoms with Crippen molar-refractivity contribution < 1.29 is 17.1 Å². The van der Waals surface area contributed by atoms with E-state index in [9.17, 15) is 0 Å². The van der Waals surface area contributed by atoms with Crippen LogP contribution in [0.15, 0.2) is 72.4 Å². The van der Waals surface area contributed by atoms with Crippen molar-refractivity contribution in [2.75, 3.05) is 5.01 Å². The average Bonchev–Trinajstić information content (AvgIpc) is 3.66. The van der Waals surface area contributed by atoms with E-state index in [4.69, 9.17) is 16.7 Å². The van der Waals surface area contributed by atoms with E-state index in [2.05, 4.69) is 46.1 Å². The number of halogens is 1. The Balaban J connectivity index is 0.000000407. The summed E-state index contributed by atoms with van der Waals surface area (Å²) in [7, 11) is 0. The first-order valence-electron chi connectivity index (χ1n) is 10.7. The Labute approximate surface area is 218 Å². The fraction of sp³-hybridized carbons (Fsp3) is 0.0741. The van der Waals surface area contributed by atoms with Crippen LogP contribution >= 0.6 is 11.6 Å². The first kappa shape index (κ1) is 25.0. The van der Waals surface area contributed by atoms with E-state index in [-0.39, 0.29) is 29.2 Å². The number of benzene rings is 2. The monoisotopic (exact) mass is 507 g/mol. The Hall–Kier alpha value is -2.14. The van der Waals surface area contributed by atoms with Crippen molar-refractivity contribution in [1.29, 1.82) is 0 Å². The number of aromatic nitrogens is 3. The molecule has 3 aliphatic rings. The second kappa shape index (κ2) is 12.0. The fourth-order valence-corrected chi connectivity index (χ4v) is 4.26. The summed E-state index contributed by atoms with van der Waals surface area (Å²) < 4.78 is 1.88. The predicted octanol–water partition coefficient (Wildman–Crippen LogP) is 5.51. The summed E-state index contributed by atoms with van der Waals surface area (Å²) in [5, 5.41) is 12.2. The molecule has 34 heavy (non-hydrogen) atoms. The molecule has 0 amide bonds. The van der Waals surface area contributed by atoms with Gasteiger partial charge in [-0.05, 0) is 87.6 Å². The van der Waals surface area contributed by atoms with Crippen LogP contribution in [-0.2, 0) is 17.1 Å². The maximum absolute atomic E-state index is 6.33. The van der Waals surface area contributed by atoms with Gasteiger partial charge in [-0.15, -0.1) is 0 Å². The van der Waals surface area contributed by atoms with Crippen LogP contribution in [0.2, 0.25) is 5.02 Å².